The maximum atomic E-state index is 12.6. The lowest BCUT2D eigenvalue weighted by molar-refractivity contribution is -0.124. The minimum absolute atomic E-state index is 0.0153. The average Bonchev–Trinajstić information content (AvgIpc) is 2.61. The van der Waals surface area contributed by atoms with Gasteiger partial charge in [-0.3, -0.25) is 14.5 Å². The van der Waals surface area contributed by atoms with Gasteiger partial charge in [0.1, 0.15) is 5.54 Å². The van der Waals surface area contributed by atoms with Gasteiger partial charge in [-0.1, -0.05) is 37.6 Å². The van der Waals surface area contributed by atoms with Gasteiger partial charge in [0.25, 0.3) is 5.91 Å². The second kappa shape index (κ2) is 8.52. The first kappa shape index (κ1) is 20.2. The van der Waals surface area contributed by atoms with E-state index in [0.717, 1.165) is 0 Å². The van der Waals surface area contributed by atoms with Crippen molar-refractivity contribution in [2.24, 2.45) is 5.92 Å². The largest absolute Gasteiger partial charge is 0.337 e. The zero-order valence-corrected chi connectivity index (χ0v) is 16.2. The van der Waals surface area contributed by atoms with Crippen molar-refractivity contribution < 1.29 is 9.59 Å². The predicted molar refractivity (Wildman–Crippen MR) is 101 cm³/mol. The van der Waals surface area contributed by atoms with E-state index in [1.807, 2.05) is 18.7 Å². The third-order valence-electron chi connectivity index (χ3n) is 4.92. The highest BCUT2D eigenvalue weighted by atomic mass is 35.5. The summed E-state index contributed by atoms with van der Waals surface area (Å²) in [6.07, 6.45) is 0. The summed E-state index contributed by atoms with van der Waals surface area (Å²) in [4.78, 5) is 28.6. The van der Waals surface area contributed by atoms with E-state index >= 15 is 0 Å². The number of halogens is 1. The van der Waals surface area contributed by atoms with Gasteiger partial charge in [0.05, 0.1) is 23.2 Å². The van der Waals surface area contributed by atoms with Crippen molar-refractivity contribution in [3.63, 3.8) is 0 Å². The maximum Gasteiger partial charge on any atom is 0.255 e. The van der Waals surface area contributed by atoms with Gasteiger partial charge in [-0.15, -0.1) is 0 Å². The minimum Gasteiger partial charge on any atom is -0.337 e. The molecule has 7 heteroatoms. The number of carbonyl (C=O) groups excluding carboxylic acids is 2. The standard InChI is InChI=1S/C19H25ClN4O2/c1-14(2)19(3,13-21)22-17(25)12-23-8-10-24(11-9-23)18(26)15-6-4-5-7-16(15)20/h4-7,14H,8-12H2,1-3H3,(H,22,25). The Morgan fingerprint density at radius 1 is 1.27 bits per heavy atom. The van der Waals surface area contributed by atoms with E-state index in [4.69, 9.17) is 11.6 Å². The molecule has 0 spiro atoms. The van der Waals surface area contributed by atoms with E-state index in [1.165, 1.54) is 0 Å². The monoisotopic (exact) mass is 376 g/mol. The van der Waals surface area contributed by atoms with Crippen molar-refractivity contribution >= 4 is 23.4 Å². The number of amides is 2. The molecule has 0 radical (unpaired) electrons. The van der Waals surface area contributed by atoms with Crippen LogP contribution in [0.4, 0.5) is 0 Å². The number of rotatable bonds is 5. The van der Waals surface area contributed by atoms with Crippen molar-refractivity contribution in [2.45, 2.75) is 26.3 Å². The molecule has 1 aromatic rings. The molecule has 2 rings (SSSR count). The number of hydrogen-bond donors (Lipinski definition) is 1. The van der Waals surface area contributed by atoms with E-state index in [-0.39, 0.29) is 24.3 Å². The Kier molecular flexibility index (Phi) is 6.63. The Bertz CT molecular complexity index is 708. The third-order valence-corrected chi connectivity index (χ3v) is 5.25. The number of nitrogens with zero attached hydrogens (tertiary/aromatic N) is 3. The van der Waals surface area contributed by atoms with Crippen LogP contribution < -0.4 is 5.32 Å². The van der Waals surface area contributed by atoms with E-state index in [1.54, 1.807) is 36.1 Å². The zero-order valence-electron chi connectivity index (χ0n) is 15.5. The van der Waals surface area contributed by atoms with Crippen molar-refractivity contribution in [2.75, 3.05) is 32.7 Å². The van der Waals surface area contributed by atoms with Crippen LogP contribution in [-0.4, -0.2) is 59.9 Å². The van der Waals surface area contributed by atoms with Gasteiger partial charge in [0.2, 0.25) is 5.91 Å². The average molecular weight is 377 g/mol. The second-order valence-corrected chi connectivity index (χ2v) is 7.47. The van der Waals surface area contributed by atoms with Gasteiger partial charge in [0.15, 0.2) is 0 Å². The summed E-state index contributed by atoms with van der Waals surface area (Å²) in [5.74, 6) is -0.244. The number of nitrogens with one attached hydrogen (secondary N) is 1. The normalized spacial score (nSPS) is 17.5. The molecule has 140 valence electrons. The molecule has 1 N–H and O–H groups in total. The van der Waals surface area contributed by atoms with Gasteiger partial charge in [-0.2, -0.15) is 5.26 Å². The number of nitriles is 1. The van der Waals surface area contributed by atoms with Crippen molar-refractivity contribution in [3.05, 3.63) is 34.9 Å². The lowest BCUT2D eigenvalue weighted by Crippen LogP contribution is -2.55. The van der Waals surface area contributed by atoms with Gasteiger partial charge in [-0.25, -0.2) is 0 Å². The first-order valence-corrected chi connectivity index (χ1v) is 9.13. The van der Waals surface area contributed by atoms with Crippen LogP contribution in [0.15, 0.2) is 24.3 Å². The molecule has 1 atom stereocenters. The summed E-state index contributed by atoms with van der Waals surface area (Å²) in [6, 6.07) is 9.19. The van der Waals surface area contributed by atoms with E-state index in [2.05, 4.69) is 11.4 Å². The van der Waals surface area contributed by atoms with Crippen LogP contribution in [0.3, 0.4) is 0 Å². The fourth-order valence-corrected chi connectivity index (χ4v) is 2.96. The molecule has 1 aliphatic heterocycles. The summed E-state index contributed by atoms with van der Waals surface area (Å²) >= 11 is 6.10. The molecule has 0 saturated carbocycles. The smallest absolute Gasteiger partial charge is 0.255 e. The van der Waals surface area contributed by atoms with Crippen LogP contribution in [0.5, 0.6) is 0 Å². The first-order chi connectivity index (χ1) is 12.3. The summed E-state index contributed by atoms with van der Waals surface area (Å²) in [6.45, 7) is 8.05. The van der Waals surface area contributed by atoms with Crippen LogP contribution >= 0.6 is 11.6 Å². The first-order valence-electron chi connectivity index (χ1n) is 8.75. The van der Waals surface area contributed by atoms with E-state index < -0.39 is 5.54 Å². The molecule has 2 amide bonds. The number of benzene rings is 1. The van der Waals surface area contributed by atoms with Crippen LogP contribution in [0.25, 0.3) is 0 Å². The van der Waals surface area contributed by atoms with Gasteiger partial charge in [-0.05, 0) is 25.0 Å². The molecule has 1 aliphatic rings. The van der Waals surface area contributed by atoms with Crippen LogP contribution in [0, 0.1) is 17.2 Å². The Hall–Kier alpha value is -2.10. The third kappa shape index (κ3) is 4.75. The molecule has 0 aromatic heterocycles. The number of carbonyl (C=O) groups is 2. The highest BCUT2D eigenvalue weighted by Crippen LogP contribution is 2.18. The number of piperazine rings is 1. The molecule has 1 unspecified atom stereocenters. The molecule has 1 fully saturated rings. The minimum atomic E-state index is -0.876. The second-order valence-electron chi connectivity index (χ2n) is 7.07. The Morgan fingerprint density at radius 3 is 2.42 bits per heavy atom. The number of hydrogen-bond acceptors (Lipinski definition) is 4. The van der Waals surface area contributed by atoms with Crippen LogP contribution in [0.2, 0.25) is 5.02 Å². The molecular weight excluding hydrogens is 352 g/mol. The van der Waals surface area contributed by atoms with E-state index in [9.17, 15) is 14.9 Å². The Labute approximate surface area is 159 Å². The zero-order chi connectivity index (χ0) is 19.3. The summed E-state index contributed by atoms with van der Waals surface area (Å²) in [5, 5.41) is 12.6. The van der Waals surface area contributed by atoms with Gasteiger partial charge >= 0.3 is 0 Å². The predicted octanol–water partition coefficient (Wildman–Crippen LogP) is 2.15. The summed E-state index contributed by atoms with van der Waals surface area (Å²) in [5.41, 5.74) is -0.374. The molecule has 6 nitrogen and oxygen atoms in total. The van der Waals surface area contributed by atoms with Crippen molar-refractivity contribution in [3.8, 4) is 6.07 Å². The fraction of sp³-hybridized carbons (Fsp3) is 0.526. The SMILES string of the molecule is CC(C)C(C)(C#N)NC(=O)CN1CCN(C(=O)c2ccccc2Cl)CC1. The molecule has 0 bridgehead atoms. The Balaban J connectivity index is 1.87. The molecule has 26 heavy (non-hydrogen) atoms. The highest BCUT2D eigenvalue weighted by Gasteiger charge is 2.31. The van der Waals surface area contributed by atoms with E-state index in [0.29, 0.717) is 36.8 Å². The summed E-state index contributed by atoms with van der Waals surface area (Å²) < 4.78 is 0. The fourth-order valence-electron chi connectivity index (χ4n) is 2.75. The lowest BCUT2D eigenvalue weighted by atomic mass is 9.90. The van der Waals surface area contributed by atoms with Gasteiger partial charge < -0.3 is 10.2 Å². The molecule has 0 aliphatic carbocycles. The van der Waals surface area contributed by atoms with Crippen molar-refractivity contribution in [1.29, 1.82) is 5.26 Å². The van der Waals surface area contributed by atoms with Gasteiger partial charge in [0, 0.05) is 26.2 Å². The highest BCUT2D eigenvalue weighted by molar-refractivity contribution is 6.33. The van der Waals surface area contributed by atoms with Crippen LogP contribution in [0.1, 0.15) is 31.1 Å². The van der Waals surface area contributed by atoms with Crippen molar-refractivity contribution in [1.82, 2.24) is 15.1 Å². The Morgan fingerprint density at radius 2 is 1.88 bits per heavy atom. The quantitative estimate of drug-likeness (QED) is 0.854. The molecule has 1 saturated heterocycles. The topological polar surface area (TPSA) is 76.4 Å². The maximum absolute atomic E-state index is 12.6. The molecular formula is C19H25ClN4O2. The lowest BCUT2D eigenvalue weighted by Gasteiger charge is -2.35. The van der Waals surface area contributed by atoms with Crippen LogP contribution in [-0.2, 0) is 4.79 Å². The molecule has 1 heterocycles. The summed E-state index contributed by atoms with van der Waals surface area (Å²) in [7, 11) is 0. The molecule has 1 aromatic carbocycles.